The van der Waals surface area contributed by atoms with E-state index in [9.17, 15) is 26.7 Å². The van der Waals surface area contributed by atoms with Gasteiger partial charge < -0.3 is 0 Å². The Balaban J connectivity index is 2.76. The van der Waals surface area contributed by atoms with Crippen molar-refractivity contribution in [2.75, 3.05) is 13.2 Å². The maximum atomic E-state index is 12.4. The van der Waals surface area contributed by atoms with E-state index >= 15 is 0 Å². The minimum absolute atomic E-state index is 0.0281. The number of alkyl halides is 5. The van der Waals surface area contributed by atoms with E-state index in [1.807, 2.05) is 0 Å². The molecule has 1 aliphatic rings. The molecule has 8 heteroatoms. The molecule has 1 fully saturated rings. The first-order chi connectivity index (χ1) is 6.27. The maximum Gasteiger partial charge on any atom is 0.463 e. The third-order valence-corrected chi connectivity index (χ3v) is 1.60. The van der Waals surface area contributed by atoms with Crippen molar-refractivity contribution in [2.45, 2.75) is 18.5 Å². The van der Waals surface area contributed by atoms with Gasteiger partial charge in [0.2, 0.25) is 0 Å². The predicted molar refractivity (Wildman–Crippen MR) is 33.3 cm³/mol. The van der Waals surface area contributed by atoms with Gasteiger partial charge in [0.05, 0.1) is 13.2 Å². The summed E-state index contributed by atoms with van der Waals surface area (Å²) in [6.07, 6.45) is -5.63. The fourth-order valence-corrected chi connectivity index (χ4v) is 0.885. The molecule has 0 unspecified atom stereocenters. The zero-order chi connectivity index (χ0) is 11.0. The van der Waals surface area contributed by atoms with Crippen molar-refractivity contribution in [3.63, 3.8) is 0 Å². The summed E-state index contributed by atoms with van der Waals surface area (Å²) >= 11 is 0. The largest absolute Gasteiger partial charge is 0.463 e. The molecule has 0 aromatic heterocycles. The molecule has 3 nitrogen and oxygen atoms in total. The quantitative estimate of drug-likeness (QED) is 0.623. The summed E-state index contributed by atoms with van der Waals surface area (Å²) in [5, 5.41) is 0.0491. The topological polar surface area (TPSA) is 29.5 Å². The van der Waals surface area contributed by atoms with Crippen LogP contribution in [0.5, 0.6) is 0 Å². The lowest BCUT2D eigenvalue weighted by Crippen LogP contribution is -2.50. The fourth-order valence-electron chi connectivity index (χ4n) is 0.885. The van der Waals surface area contributed by atoms with Crippen LogP contribution in [0, 0.1) is 0 Å². The lowest BCUT2D eigenvalue weighted by molar-refractivity contribution is -0.285. The second kappa shape index (κ2) is 3.34. The van der Waals surface area contributed by atoms with Gasteiger partial charge in [0.1, 0.15) is 0 Å². The summed E-state index contributed by atoms with van der Waals surface area (Å²) in [5.41, 5.74) is 0. The highest BCUT2D eigenvalue weighted by Crippen LogP contribution is 2.37. The summed E-state index contributed by atoms with van der Waals surface area (Å²) in [5.74, 6) is -7.74. The number of halogens is 5. The first-order valence-corrected chi connectivity index (χ1v) is 3.66. The molecule has 0 aliphatic carbocycles. The molecular weight excluding hydrogens is 213 g/mol. The Morgan fingerprint density at radius 1 is 1.21 bits per heavy atom. The SMILES string of the molecule is O=C(N1CCCO1)C(F)(F)C(F)(F)F. The third kappa shape index (κ3) is 1.79. The molecule has 1 rings (SSSR count). The minimum Gasteiger partial charge on any atom is -0.271 e. The second-order valence-corrected chi connectivity index (χ2v) is 2.67. The first-order valence-electron chi connectivity index (χ1n) is 3.66. The molecule has 14 heavy (non-hydrogen) atoms. The average Bonchev–Trinajstić information content (AvgIpc) is 2.52. The number of hydrogen-bond donors (Lipinski definition) is 0. The average molecular weight is 219 g/mol. The molecule has 1 aliphatic heterocycles. The van der Waals surface area contributed by atoms with Crippen molar-refractivity contribution < 1.29 is 31.6 Å². The van der Waals surface area contributed by atoms with Gasteiger partial charge in [-0.15, -0.1) is 0 Å². The molecule has 82 valence electrons. The third-order valence-electron chi connectivity index (χ3n) is 1.60. The van der Waals surface area contributed by atoms with Crippen LogP contribution in [0.4, 0.5) is 22.0 Å². The Morgan fingerprint density at radius 3 is 2.14 bits per heavy atom. The van der Waals surface area contributed by atoms with Gasteiger partial charge in [-0.05, 0) is 6.42 Å². The molecule has 0 bridgehead atoms. The van der Waals surface area contributed by atoms with E-state index in [1.165, 1.54) is 0 Å². The number of hydrogen-bond acceptors (Lipinski definition) is 2. The number of carbonyl (C=O) groups excluding carboxylic acids is 1. The van der Waals surface area contributed by atoms with E-state index < -0.39 is 18.0 Å². The van der Waals surface area contributed by atoms with E-state index in [0.29, 0.717) is 0 Å². The van der Waals surface area contributed by atoms with Gasteiger partial charge >= 0.3 is 18.0 Å². The Bertz CT molecular complexity index is 233. The van der Waals surface area contributed by atoms with Gasteiger partial charge in [-0.25, -0.2) is 5.06 Å². The summed E-state index contributed by atoms with van der Waals surface area (Å²) < 4.78 is 59.8. The summed E-state index contributed by atoms with van der Waals surface area (Å²) in [4.78, 5) is 14.9. The van der Waals surface area contributed by atoms with Gasteiger partial charge in [0.25, 0.3) is 0 Å². The molecule has 1 heterocycles. The normalized spacial score (nSPS) is 18.8. The highest BCUT2D eigenvalue weighted by atomic mass is 19.4. The standard InChI is InChI=1S/C6H6F5NO2/c7-5(8,6(9,10)11)4(13)12-2-1-3-14-12/h1-3H2. The molecule has 0 aromatic rings. The number of rotatable bonds is 1. The Labute approximate surface area is 75.4 Å². The lowest BCUT2D eigenvalue weighted by atomic mass is 10.3. The Kier molecular flexibility index (Phi) is 2.66. The maximum absolute atomic E-state index is 12.4. The fraction of sp³-hybridized carbons (Fsp3) is 0.833. The van der Waals surface area contributed by atoms with Crippen LogP contribution in [0.3, 0.4) is 0 Å². The molecule has 0 radical (unpaired) electrons. The van der Waals surface area contributed by atoms with Crippen LogP contribution in [-0.2, 0) is 9.63 Å². The molecule has 0 spiro atoms. The van der Waals surface area contributed by atoms with Crippen LogP contribution in [0.1, 0.15) is 6.42 Å². The summed E-state index contributed by atoms with van der Waals surface area (Å²) in [6, 6.07) is 0. The number of carbonyl (C=O) groups is 1. The monoisotopic (exact) mass is 219 g/mol. The van der Waals surface area contributed by atoms with Crippen molar-refractivity contribution in [3.8, 4) is 0 Å². The molecule has 0 saturated carbocycles. The van der Waals surface area contributed by atoms with Crippen molar-refractivity contribution in [1.82, 2.24) is 5.06 Å². The summed E-state index contributed by atoms with van der Waals surface area (Å²) in [7, 11) is 0. The van der Waals surface area contributed by atoms with Crippen molar-refractivity contribution in [1.29, 1.82) is 0 Å². The molecule has 1 saturated heterocycles. The zero-order valence-corrected chi connectivity index (χ0v) is 6.77. The van der Waals surface area contributed by atoms with E-state index in [1.54, 1.807) is 0 Å². The van der Waals surface area contributed by atoms with Gasteiger partial charge in [-0.3, -0.25) is 9.63 Å². The van der Waals surface area contributed by atoms with Crippen molar-refractivity contribution in [2.24, 2.45) is 0 Å². The number of amides is 1. The molecule has 0 N–H and O–H groups in total. The van der Waals surface area contributed by atoms with Gasteiger partial charge in [-0.1, -0.05) is 0 Å². The Morgan fingerprint density at radius 2 is 1.79 bits per heavy atom. The minimum atomic E-state index is -5.88. The first kappa shape index (κ1) is 11.2. The van der Waals surface area contributed by atoms with Crippen LogP contribution in [0.2, 0.25) is 0 Å². The Hall–Kier alpha value is -0.920. The van der Waals surface area contributed by atoms with E-state index in [0.717, 1.165) is 0 Å². The highest BCUT2D eigenvalue weighted by molar-refractivity contribution is 5.83. The second-order valence-electron chi connectivity index (χ2n) is 2.67. The van der Waals surface area contributed by atoms with Crippen LogP contribution in [0.15, 0.2) is 0 Å². The van der Waals surface area contributed by atoms with Crippen LogP contribution in [0.25, 0.3) is 0 Å². The van der Waals surface area contributed by atoms with E-state index in [4.69, 9.17) is 0 Å². The molecular formula is C6H6F5NO2. The smallest absolute Gasteiger partial charge is 0.271 e. The van der Waals surface area contributed by atoms with E-state index in [-0.39, 0.29) is 24.6 Å². The van der Waals surface area contributed by atoms with Crippen LogP contribution < -0.4 is 0 Å². The molecule has 0 aromatic carbocycles. The van der Waals surface area contributed by atoms with Gasteiger partial charge in [-0.2, -0.15) is 22.0 Å². The highest BCUT2D eigenvalue weighted by Gasteiger charge is 2.65. The number of hydroxylamine groups is 2. The summed E-state index contributed by atoms with van der Waals surface area (Å²) in [6.45, 7) is -0.274. The van der Waals surface area contributed by atoms with Crippen LogP contribution in [-0.4, -0.2) is 36.2 Å². The van der Waals surface area contributed by atoms with Gasteiger partial charge in [0, 0.05) is 0 Å². The zero-order valence-electron chi connectivity index (χ0n) is 6.77. The van der Waals surface area contributed by atoms with Crippen molar-refractivity contribution >= 4 is 5.91 Å². The lowest BCUT2D eigenvalue weighted by Gasteiger charge is -2.22. The molecule has 1 amide bonds. The van der Waals surface area contributed by atoms with Gasteiger partial charge in [0.15, 0.2) is 0 Å². The predicted octanol–water partition coefficient (Wildman–Crippen LogP) is 1.35. The van der Waals surface area contributed by atoms with Crippen molar-refractivity contribution in [3.05, 3.63) is 0 Å². The van der Waals surface area contributed by atoms with E-state index in [2.05, 4.69) is 4.84 Å². The van der Waals surface area contributed by atoms with Crippen LogP contribution >= 0.6 is 0 Å². The molecule has 0 atom stereocenters. The number of nitrogens with zero attached hydrogens (tertiary/aromatic N) is 1.